The average molecular weight is 407 g/mol. The maximum Gasteiger partial charge on any atom is 0.433 e. The van der Waals surface area contributed by atoms with Gasteiger partial charge in [-0.25, -0.2) is 4.98 Å². The van der Waals surface area contributed by atoms with E-state index in [-0.39, 0.29) is 23.9 Å². The smallest absolute Gasteiger partial charge is 0.324 e. The number of halogens is 4. The van der Waals surface area contributed by atoms with E-state index in [9.17, 15) is 18.0 Å². The van der Waals surface area contributed by atoms with Crippen molar-refractivity contribution >= 4 is 34.2 Å². The van der Waals surface area contributed by atoms with Crippen molar-refractivity contribution < 1.29 is 18.0 Å². The van der Waals surface area contributed by atoms with Crippen molar-refractivity contribution in [3.8, 4) is 11.3 Å². The lowest BCUT2D eigenvalue weighted by molar-refractivity contribution is -0.141. The highest BCUT2D eigenvalue weighted by molar-refractivity contribution is 6.35. The molecule has 0 saturated heterocycles. The predicted molar refractivity (Wildman–Crippen MR) is 98.2 cm³/mol. The third-order valence-corrected chi connectivity index (χ3v) is 5.61. The van der Waals surface area contributed by atoms with Crippen LogP contribution in [0.15, 0.2) is 24.3 Å². The van der Waals surface area contributed by atoms with Crippen LogP contribution in [0.4, 0.5) is 18.9 Å². The van der Waals surface area contributed by atoms with Crippen molar-refractivity contribution in [3.05, 3.63) is 40.5 Å². The Morgan fingerprint density at radius 3 is 2.68 bits per heavy atom. The standard InChI is InChI=1S/C19H14ClF3N4O/c20-12-7-10(6-9-8-15(28)25-16(9)12)18-17-13(26-27(18)11-2-1-3-11)4-5-14(24-17)19(21,22)23/h4-7,11H,1-3,8H2,(H,25,28). The third-order valence-electron chi connectivity index (χ3n) is 5.31. The molecule has 3 aromatic rings. The summed E-state index contributed by atoms with van der Waals surface area (Å²) in [6, 6.07) is 5.85. The highest BCUT2D eigenvalue weighted by Crippen LogP contribution is 2.42. The summed E-state index contributed by atoms with van der Waals surface area (Å²) in [4.78, 5) is 15.6. The fourth-order valence-corrected chi connectivity index (χ4v) is 4.03. The monoisotopic (exact) mass is 406 g/mol. The molecule has 2 aromatic heterocycles. The first-order chi connectivity index (χ1) is 13.3. The van der Waals surface area contributed by atoms with Gasteiger partial charge in [0.15, 0.2) is 0 Å². The third kappa shape index (κ3) is 2.66. The summed E-state index contributed by atoms with van der Waals surface area (Å²) >= 11 is 6.35. The molecule has 28 heavy (non-hydrogen) atoms. The number of amides is 1. The molecule has 144 valence electrons. The molecule has 5 nitrogen and oxygen atoms in total. The second kappa shape index (κ2) is 5.94. The van der Waals surface area contributed by atoms with Crippen molar-refractivity contribution in [1.82, 2.24) is 14.8 Å². The molecule has 1 aliphatic carbocycles. The Morgan fingerprint density at radius 1 is 1.21 bits per heavy atom. The second-order valence-electron chi connectivity index (χ2n) is 7.16. The summed E-state index contributed by atoms with van der Waals surface area (Å²) in [7, 11) is 0. The lowest BCUT2D eigenvalue weighted by Gasteiger charge is -2.27. The first-order valence-electron chi connectivity index (χ1n) is 8.90. The van der Waals surface area contributed by atoms with Gasteiger partial charge in [-0.05, 0) is 49.1 Å². The van der Waals surface area contributed by atoms with E-state index < -0.39 is 11.9 Å². The van der Waals surface area contributed by atoms with Crippen molar-refractivity contribution in [2.45, 2.75) is 37.9 Å². The first-order valence-corrected chi connectivity index (χ1v) is 9.28. The summed E-state index contributed by atoms with van der Waals surface area (Å²) < 4.78 is 41.4. The Bertz CT molecular complexity index is 1130. The molecule has 1 amide bonds. The van der Waals surface area contributed by atoms with Gasteiger partial charge in [0.1, 0.15) is 16.7 Å². The number of hydrogen-bond acceptors (Lipinski definition) is 3. The number of fused-ring (bicyclic) bond motifs is 2. The normalized spacial score (nSPS) is 16.9. The van der Waals surface area contributed by atoms with Gasteiger partial charge >= 0.3 is 6.18 Å². The number of anilines is 1. The molecular formula is C19H14ClF3N4O. The van der Waals surface area contributed by atoms with Gasteiger partial charge in [0, 0.05) is 5.56 Å². The minimum atomic E-state index is -4.55. The van der Waals surface area contributed by atoms with E-state index in [2.05, 4.69) is 15.4 Å². The number of benzene rings is 1. The van der Waals surface area contributed by atoms with Crippen LogP contribution in [0.25, 0.3) is 22.3 Å². The molecule has 1 aliphatic heterocycles. The number of hydrogen-bond donors (Lipinski definition) is 1. The van der Waals surface area contributed by atoms with Gasteiger partial charge in [-0.2, -0.15) is 18.3 Å². The lowest BCUT2D eigenvalue weighted by atomic mass is 9.92. The van der Waals surface area contributed by atoms with Crippen molar-refractivity contribution in [2.24, 2.45) is 0 Å². The summed E-state index contributed by atoms with van der Waals surface area (Å²) in [5.74, 6) is -0.163. The van der Waals surface area contributed by atoms with Gasteiger partial charge in [0.2, 0.25) is 5.91 Å². The number of nitrogens with one attached hydrogen (secondary N) is 1. The van der Waals surface area contributed by atoms with Crippen molar-refractivity contribution in [2.75, 3.05) is 5.32 Å². The topological polar surface area (TPSA) is 59.8 Å². The molecule has 1 N–H and O–H groups in total. The molecule has 1 aromatic carbocycles. The van der Waals surface area contributed by atoms with Gasteiger partial charge < -0.3 is 5.32 Å². The van der Waals surface area contributed by atoms with E-state index in [1.807, 2.05) is 0 Å². The Labute approximate surface area is 162 Å². The van der Waals surface area contributed by atoms with Crippen molar-refractivity contribution in [3.63, 3.8) is 0 Å². The predicted octanol–water partition coefficient (Wildman–Crippen LogP) is 4.99. The zero-order chi connectivity index (χ0) is 19.6. The van der Waals surface area contributed by atoms with Crippen molar-refractivity contribution in [1.29, 1.82) is 0 Å². The fraction of sp³-hybridized carbons (Fsp3) is 0.316. The average Bonchev–Trinajstić information content (AvgIpc) is 3.11. The quantitative estimate of drug-likeness (QED) is 0.652. The minimum Gasteiger partial charge on any atom is -0.324 e. The number of rotatable bonds is 2. The number of aromatic nitrogens is 3. The molecule has 0 unspecified atom stereocenters. The van der Waals surface area contributed by atoms with Gasteiger partial charge in [-0.3, -0.25) is 9.48 Å². The van der Waals surface area contributed by atoms with Crippen LogP contribution in [0.1, 0.15) is 36.6 Å². The van der Waals surface area contributed by atoms with Crippen LogP contribution in [0.5, 0.6) is 0 Å². The molecule has 3 heterocycles. The number of carbonyl (C=O) groups is 1. The maximum atomic E-state index is 13.2. The second-order valence-corrected chi connectivity index (χ2v) is 7.56. The molecular weight excluding hydrogens is 393 g/mol. The van der Waals surface area contributed by atoms with Crippen LogP contribution in [0.2, 0.25) is 5.02 Å². The molecule has 0 atom stereocenters. The van der Waals surface area contributed by atoms with Crippen LogP contribution < -0.4 is 5.32 Å². The summed E-state index contributed by atoms with van der Waals surface area (Å²) in [5, 5.41) is 7.59. The number of carbonyl (C=O) groups excluding carboxylic acids is 1. The Kier molecular flexibility index (Phi) is 3.71. The van der Waals surface area contributed by atoms with E-state index in [1.165, 1.54) is 6.07 Å². The zero-order valence-electron chi connectivity index (χ0n) is 14.5. The number of nitrogens with zero attached hydrogens (tertiary/aromatic N) is 3. The first kappa shape index (κ1) is 17.5. The van der Waals surface area contributed by atoms with E-state index in [0.717, 1.165) is 25.3 Å². The highest BCUT2D eigenvalue weighted by atomic mass is 35.5. The molecule has 0 radical (unpaired) electrons. The fourth-order valence-electron chi connectivity index (χ4n) is 3.74. The molecule has 1 saturated carbocycles. The van der Waals surface area contributed by atoms with Crippen LogP contribution in [0, 0.1) is 0 Å². The van der Waals surface area contributed by atoms with Gasteiger partial charge in [-0.1, -0.05) is 11.6 Å². The maximum absolute atomic E-state index is 13.2. The molecule has 5 rings (SSSR count). The molecule has 2 aliphatic rings. The van der Waals surface area contributed by atoms with Gasteiger partial charge in [0.05, 0.1) is 28.9 Å². The molecule has 9 heteroatoms. The van der Waals surface area contributed by atoms with Crippen LogP contribution in [0.3, 0.4) is 0 Å². The highest BCUT2D eigenvalue weighted by Gasteiger charge is 2.34. The summed E-state index contributed by atoms with van der Waals surface area (Å²) in [6.45, 7) is 0. The largest absolute Gasteiger partial charge is 0.433 e. The van der Waals surface area contributed by atoms with E-state index >= 15 is 0 Å². The van der Waals surface area contributed by atoms with Crippen LogP contribution in [-0.4, -0.2) is 20.7 Å². The number of pyridine rings is 1. The molecule has 0 bridgehead atoms. The van der Waals surface area contributed by atoms with Crippen LogP contribution in [-0.2, 0) is 17.4 Å². The lowest BCUT2D eigenvalue weighted by Crippen LogP contribution is -2.19. The van der Waals surface area contributed by atoms with Gasteiger partial charge in [0.25, 0.3) is 0 Å². The Balaban J connectivity index is 1.76. The Morgan fingerprint density at radius 2 is 2.00 bits per heavy atom. The SMILES string of the molecule is O=C1Cc2cc(-c3c4nc(C(F)(F)F)ccc4nn3C3CCC3)cc(Cl)c2N1. The zero-order valence-corrected chi connectivity index (χ0v) is 15.2. The van der Waals surface area contributed by atoms with E-state index in [4.69, 9.17) is 11.6 Å². The Hall–Kier alpha value is -2.61. The number of alkyl halides is 3. The minimum absolute atomic E-state index is 0.116. The molecule has 1 fully saturated rings. The summed E-state index contributed by atoms with van der Waals surface area (Å²) in [5.41, 5.74) is 2.03. The summed E-state index contributed by atoms with van der Waals surface area (Å²) in [6.07, 6.45) is -1.50. The van der Waals surface area contributed by atoms with E-state index in [1.54, 1.807) is 16.8 Å². The van der Waals surface area contributed by atoms with Crippen LogP contribution >= 0.6 is 11.6 Å². The van der Waals surface area contributed by atoms with E-state index in [0.29, 0.717) is 33.0 Å². The molecule has 0 spiro atoms. The van der Waals surface area contributed by atoms with Gasteiger partial charge in [-0.15, -0.1) is 0 Å².